The average Bonchev–Trinajstić information content (AvgIpc) is 2.67. The number of hydrogen-bond acceptors (Lipinski definition) is 3. The van der Waals surface area contributed by atoms with Gasteiger partial charge in [0.15, 0.2) is 0 Å². The number of amides is 1. The van der Waals surface area contributed by atoms with Crippen LogP contribution in [-0.4, -0.2) is 17.2 Å². The summed E-state index contributed by atoms with van der Waals surface area (Å²) < 4.78 is 5.17. The van der Waals surface area contributed by atoms with Crippen LogP contribution in [0.4, 0.5) is 10.5 Å². The molecule has 0 aliphatic rings. The number of rotatable bonds is 5. The summed E-state index contributed by atoms with van der Waals surface area (Å²) in [6.07, 6.45) is -0.707. The Balaban J connectivity index is 1.78. The monoisotopic (exact) mass is 347 g/mol. The summed E-state index contributed by atoms with van der Waals surface area (Å²) in [4.78, 5) is 23.5. The molecule has 0 aliphatic heterocycles. The van der Waals surface area contributed by atoms with Crippen LogP contribution in [0.25, 0.3) is 11.1 Å². The van der Waals surface area contributed by atoms with Crippen molar-refractivity contribution >= 4 is 17.7 Å². The highest BCUT2D eigenvalue weighted by atomic mass is 16.5. The first-order valence-electron chi connectivity index (χ1n) is 8.04. The smallest absolute Gasteiger partial charge is 0.411 e. The van der Waals surface area contributed by atoms with E-state index in [1.807, 2.05) is 60.7 Å². The molecule has 3 aromatic rings. The van der Waals surface area contributed by atoms with Crippen molar-refractivity contribution in [1.29, 1.82) is 0 Å². The van der Waals surface area contributed by atoms with Crippen molar-refractivity contribution in [3.05, 3.63) is 90.0 Å². The van der Waals surface area contributed by atoms with Crippen LogP contribution < -0.4 is 5.32 Å². The predicted octanol–water partition coefficient (Wildman–Crippen LogP) is 4.80. The Hall–Kier alpha value is -3.60. The third-order valence-corrected chi connectivity index (χ3v) is 3.81. The number of hydrogen-bond donors (Lipinski definition) is 2. The molecule has 5 heteroatoms. The molecule has 0 unspecified atom stereocenters. The van der Waals surface area contributed by atoms with Gasteiger partial charge in [-0.25, -0.2) is 9.59 Å². The average molecular weight is 347 g/mol. The Labute approximate surface area is 150 Å². The van der Waals surface area contributed by atoms with Gasteiger partial charge in [-0.05, 0) is 28.8 Å². The molecule has 2 N–H and O–H groups in total. The van der Waals surface area contributed by atoms with Gasteiger partial charge in [-0.2, -0.15) is 0 Å². The number of carboxylic acids is 1. The zero-order valence-corrected chi connectivity index (χ0v) is 13.9. The lowest BCUT2D eigenvalue weighted by Gasteiger charge is -2.11. The van der Waals surface area contributed by atoms with E-state index in [0.29, 0.717) is 0 Å². The molecule has 0 aliphatic carbocycles. The normalized spacial score (nSPS) is 10.2. The van der Waals surface area contributed by atoms with Crippen LogP contribution in [0, 0.1) is 0 Å². The molecular formula is C21H17NO4. The molecule has 0 atom stereocenters. The number of carbonyl (C=O) groups is 2. The molecule has 0 saturated heterocycles. The molecule has 0 spiro atoms. The highest BCUT2D eigenvalue weighted by Gasteiger charge is 2.14. The lowest BCUT2D eigenvalue weighted by atomic mass is 10.0. The molecule has 3 aromatic carbocycles. The van der Waals surface area contributed by atoms with Crippen molar-refractivity contribution < 1.29 is 19.4 Å². The quantitative estimate of drug-likeness (QED) is 0.695. The lowest BCUT2D eigenvalue weighted by molar-refractivity contribution is 0.0698. The maximum atomic E-state index is 12.1. The van der Waals surface area contributed by atoms with Crippen LogP contribution in [-0.2, 0) is 11.3 Å². The van der Waals surface area contributed by atoms with Gasteiger partial charge < -0.3 is 9.84 Å². The third-order valence-electron chi connectivity index (χ3n) is 3.81. The summed E-state index contributed by atoms with van der Waals surface area (Å²) in [6.45, 7) is 0.105. The van der Waals surface area contributed by atoms with Crippen LogP contribution in [0.15, 0.2) is 78.9 Å². The van der Waals surface area contributed by atoms with E-state index in [0.717, 1.165) is 16.7 Å². The van der Waals surface area contributed by atoms with E-state index in [1.165, 1.54) is 6.07 Å². The molecule has 1 amide bonds. The van der Waals surface area contributed by atoms with Crippen LogP contribution in [0.1, 0.15) is 15.9 Å². The Morgan fingerprint density at radius 1 is 0.846 bits per heavy atom. The zero-order chi connectivity index (χ0) is 18.4. The molecule has 0 aromatic heterocycles. The van der Waals surface area contributed by atoms with Crippen molar-refractivity contribution in [2.75, 3.05) is 5.32 Å². The minimum absolute atomic E-state index is 0.00124. The topological polar surface area (TPSA) is 75.6 Å². The van der Waals surface area contributed by atoms with Gasteiger partial charge in [0.05, 0.1) is 11.3 Å². The van der Waals surface area contributed by atoms with Crippen molar-refractivity contribution in [3.63, 3.8) is 0 Å². The Bertz CT molecular complexity index is 908. The highest BCUT2D eigenvalue weighted by Crippen LogP contribution is 2.26. The van der Waals surface area contributed by atoms with Gasteiger partial charge in [0.2, 0.25) is 0 Å². The minimum atomic E-state index is -1.12. The number of carboxylic acid groups (broad SMARTS) is 1. The summed E-state index contributed by atoms with van der Waals surface area (Å²) >= 11 is 0. The van der Waals surface area contributed by atoms with Gasteiger partial charge in [-0.3, -0.25) is 5.32 Å². The van der Waals surface area contributed by atoms with Gasteiger partial charge >= 0.3 is 12.1 Å². The molecule has 0 bridgehead atoms. The third kappa shape index (κ3) is 4.27. The second-order valence-electron chi connectivity index (χ2n) is 5.62. The maximum Gasteiger partial charge on any atom is 0.411 e. The summed E-state index contributed by atoms with van der Waals surface area (Å²) in [6, 6.07) is 23.6. The highest BCUT2D eigenvalue weighted by molar-refractivity contribution is 5.99. The van der Waals surface area contributed by atoms with E-state index < -0.39 is 12.1 Å². The van der Waals surface area contributed by atoms with E-state index in [1.54, 1.807) is 12.1 Å². The first-order chi connectivity index (χ1) is 12.6. The predicted molar refractivity (Wildman–Crippen MR) is 99.1 cm³/mol. The fraction of sp³-hybridized carbons (Fsp3) is 0.0476. The molecule has 130 valence electrons. The fourth-order valence-electron chi connectivity index (χ4n) is 2.51. The number of aromatic carboxylic acids is 1. The molecule has 0 radical (unpaired) electrons. The van der Waals surface area contributed by atoms with Crippen molar-refractivity contribution in [2.24, 2.45) is 0 Å². The number of nitrogens with one attached hydrogen (secondary N) is 1. The second-order valence-corrected chi connectivity index (χ2v) is 5.62. The SMILES string of the molecule is O=C(Nc1cc(-c2ccccc2)ccc1C(=O)O)OCc1ccccc1. The number of carbonyl (C=O) groups excluding carboxylic acids is 1. The van der Waals surface area contributed by atoms with Gasteiger partial charge in [0.25, 0.3) is 0 Å². The molecule has 0 fully saturated rings. The van der Waals surface area contributed by atoms with Crippen molar-refractivity contribution in [3.8, 4) is 11.1 Å². The van der Waals surface area contributed by atoms with Crippen LogP contribution in [0.5, 0.6) is 0 Å². The molecule has 26 heavy (non-hydrogen) atoms. The van der Waals surface area contributed by atoms with E-state index in [2.05, 4.69) is 5.32 Å². The summed E-state index contributed by atoms with van der Waals surface area (Å²) in [5.41, 5.74) is 2.76. The molecule has 3 rings (SSSR count). The summed E-state index contributed by atoms with van der Waals surface area (Å²) in [5.74, 6) is -1.12. The number of ether oxygens (including phenoxy) is 1. The van der Waals surface area contributed by atoms with Crippen LogP contribution >= 0.6 is 0 Å². The minimum Gasteiger partial charge on any atom is -0.478 e. The number of anilines is 1. The lowest BCUT2D eigenvalue weighted by Crippen LogP contribution is -2.16. The Morgan fingerprint density at radius 3 is 2.15 bits per heavy atom. The van der Waals surface area contributed by atoms with Gasteiger partial charge in [-0.15, -0.1) is 0 Å². The molecular weight excluding hydrogens is 330 g/mol. The number of benzene rings is 3. The van der Waals surface area contributed by atoms with E-state index in [9.17, 15) is 14.7 Å². The first-order valence-corrected chi connectivity index (χ1v) is 8.04. The molecule has 0 heterocycles. The second kappa shape index (κ2) is 7.98. The summed E-state index contributed by atoms with van der Waals surface area (Å²) in [5, 5.41) is 11.9. The van der Waals surface area contributed by atoms with Crippen LogP contribution in [0.2, 0.25) is 0 Å². The molecule has 5 nitrogen and oxygen atoms in total. The van der Waals surface area contributed by atoms with E-state index in [4.69, 9.17) is 4.74 Å². The standard InChI is InChI=1S/C21H17NO4/c23-20(24)18-12-11-17(16-9-5-2-6-10-16)13-19(18)22-21(25)26-14-15-7-3-1-4-8-15/h1-13H,14H2,(H,22,25)(H,23,24). The maximum absolute atomic E-state index is 12.1. The molecule has 0 saturated carbocycles. The van der Waals surface area contributed by atoms with Crippen molar-refractivity contribution in [2.45, 2.75) is 6.61 Å². The fourth-order valence-corrected chi connectivity index (χ4v) is 2.51. The van der Waals surface area contributed by atoms with Gasteiger partial charge in [0.1, 0.15) is 6.61 Å². The van der Waals surface area contributed by atoms with Crippen LogP contribution in [0.3, 0.4) is 0 Å². The van der Waals surface area contributed by atoms with Crippen molar-refractivity contribution in [1.82, 2.24) is 0 Å². The Morgan fingerprint density at radius 2 is 1.50 bits per heavy atom. The first kappa shape index (κ1) is 17.2. The van der Waals surface area contributed by atoms with Gasteiger partial charge in [-0.1, -0.05) is 66.7 Å². The largest absolute Gasteiger partial charge is 0.478 e. The zero-order valence-electron chi connectivity index (χ0n) is 13.9. The summed E-state index contributed by atoms with van der Waals surface area (Å²) in [7, 11) is 0. The van der Waals surface area contributed by atoms with E-state index in [-0.39, 0.29) is 17.9 Å². The van der Waals surface area contributed by atoms with Gasteiger partial charge in [0, 0.05) is 0 Å². The Kier molecular flexibility index (Phi) is 5.29. The van der Waals surface area contributed by atoms with E-state index >= 15 is 0 Å².